The van der Waals surface area contributed by atoms with Gasteiger partial charge in [-0.1, -0.05) is 0 Å². The average Bonchev–Trinajstić information content (AvgIpc) is 2.42. The van der Waals surface area contributed by atoms with Crippen molar-refractivity contribution in [3.63, 3.8) is 0 Å². The molecule has 4 heteroatoms. The van der Waals surface area contributed by atoms with E-state index in [0.29, 0.717) is 6.61 Å². The fourth-order valence-electron chi connectivity index (χ4n) is 3.16. The lowest BCUT2D eigenvalue weighted by Crippen LogP contribution is -2.52. The summed E-state index contributed by atoms with van der Waals surface area (Å²) < 4.78 is 18.2. The highest BCUT2D eigenvalue weighted by molar-refractivity contribution is 4.95. The van der Waals surface area contributed by atoms with Gasteiger partial charge < -0.3 is 19.5 Å². The van der Waals surface area contributed by atoms with Crippen LogP contribution in [0.1, 0.15) is 48.0 Å². The van der Waals surface area contributed by atoms with Crippen LogP contribution in [-0.2, 0) is 14.2 Å². The molecule has 2 saturated heterocycles. The molecule has 1 N–H and O–H groups in total. The van der Waals surface area contributed by atoms with Gasteiger partial charge in [0, 0.05) is 19.5 Å². The summed E-state index contributed by atoms with van der Waals surface area (Å²) in [6, 6.07) is 0. The van der Waals surface area contributed by atoms with Crippen LogP contribution in [0, 0.1) is 0 Å². The van der Waals surface area contributed by atoms with Gasteiger partial charge in [-0.05, 0) is 41.5 Å². The highest BCUT2D eigenvalue weighted by atomic mass is 16.6. The fraction of sp³-hybridized carbons (Fsp3) is 1.00. The molecule has 0 bridgehead atoms. The molecule has 0 amide bonds. The van der Waals surface area contributed by atoms with Gasteiger partial charge >= 0.3 is 0 Å². The maximum absolute atomic E-state index is 6.10. The van der Waals surface area contributed by atoms with Gasteiger partial charge in [0.15, 0.2) is 0 Å². The Bertz CT molecular complexity index is 325. The molecule has 0 saturated carbocycles. The average molecular weight is 271 g/mol. The van der Waals surface area contributed by atoms with Gasteiger partial charge in [0.25, 0.3) is 0 Å². The minimum atomic E-state index is -0.221. The Morgan fingerprint density at radius 3 is 2.32 bits per heavy atom. The first kappa shape index (κ1) is 15.2. The molecule has 0 aromatic carbocycles. The van der Waals surface area contributed by atoms with Crippen LogP contribution in [0.15, 0.2) is 0 Å². The van der Waals surface area contributed by atoms with E-state index in [2.05, 4.69) is 46.9 Å². The summed E-state index contributed by atoms with van der Waals surface area (Å²) in [4.78, 5) is 0. The molecular formula is C15H29NO3. The summed E-state index contributed by atoms with van der Waals surface area (Å²) in [6.45, 7) is 15.1. The molecule has 4 nitrogen and oxygen atoms in total. The molecule has 2 atom stereocenters. The van der Waals surface area contributed by atoms with Crippen molar-refractivity contribution in [1.29, 1.82) is 0 Å². The second kappa shape index (κ2) is 4.99. The number of hydrogen-bond acceptors (Lipinski definition) is 4. The second-order valence-electron chi connectivity index (χ2n) is 7.62. The van der Waals surface area contributed by atoms with Crippen molar-refractivity contribution in [2.24, 2.45) is 0 Å². The Morgan fingerprint density at radius 2 is 1.79 bits per heavy atom. The minimum absolute atomic E-state index is 0.0981. The van der Waals surface area contributed by atoms with Gasteiger partial charge in [0.1, 0.15) is 0 Å². The van der Waals surface area contributed by atoms with Crippen LogP contribution in [0.5, 0.6) is 0 Å². The highest BCUT2D eigenvalue weighted by Crippen LogP contribution is 2.39. The standard InChI is InChI=1S/C15H29NO3/c1-13(2)7-12(15(5,6)19-13)17-9-11-8-16-10-14(3,4)18-11/h11-12,16H,7-10H2,1-6H3. The lowest BCUT2D eigenvalue weighted by molar-refractivity contribution is -0.148. The predicted octanol–water partition coefficient (Wildman–Crippen LogP) is 2.12. The van der Waals surface area contributed by atoms with Crippen LogP contribution >= 0.6 is 0 Å². The number of nitrogens with one attached hydrogen (secondary N) is 1. The molecule has 2 aliphatic heterocycles. The second-order valence-corrected chi connectivity index (χ2v) is 7.62. The van der Waals surface area contributed by atoms with Gasteiger partial charge in [-0.25, -0.2) is 0 Å². The summed E-state index contributed by atoms with van der Waals surface area (Å²) >= 11 is 0. The van der Waals surface area contributed by atoms with Crippen molar-refractivity contribution in [2.45, 2.75) is 77.0 Å². The molecule has 2 aliphatic rings. The smallest absolute Gasteiger partial charge is 0.0940 e. The topological polar surface area (TPSA) is 39.7 Å². The normalized spacial score (nSPS) is 36.3. The van der Waals surface area contributed by atoms with E-state index in [0.717, 1.165) is 19.5 Å². The number of hydrogen-bond donors (Lipinski definition) is 1. The van der Waals surface area contributed by atoms with Gasteiger partial charge in [0.05, 0.1) is 35.6 Å². The quantitative estimate of drug-likeness (QED) is 0.853. The number of morpholine rings is 1. The van der Waals surface area contributed by atoms with Crippen molar-refractivity contribution in [3.8, 4) is 0 Å². The Labute approximate surface area is 117 Å². The van der Waals surface area contributed by atoms with Crippen LogP contribution in [0.25, 0.3) is 0 Å². The zero-order valence-electron chi connectivity index (χ0n) is 13.2. The van der Waals surface area contributed by atoms with Gasteiger partial charge in [0.2, 0.25) is 0 Å². The van der Waals surface area contributed by atoms with E-state index in [1.54, 1.807) is 0 Å². The summed E-state index contributed by atoms with van der Waals surface area (Å²) in [7, 11) is 0. The first-order valence-corrected chi connectivity index (χ1v) is 7.30. The molecule has 2 unspecified atom stereocenters. The maximum atomic E-state index is 6.10. The Kier molecular flexibility index (Phi) is 4.00. The van der Waals surface area contributed by atoms with Gasteiger partial charge in [-0.3, -0.25) is 0 Å². The molecule has 2 fully saturated rings. The molecule has 0 aromatic heterocycles. The SMILES string of the molecule is CC1(C)CNCC(COC2CC(C)(C)OC2(C)C)O1. The molecule has 0 aliphatic carbocycles. The molecule has 112 valence electrons. The molecule has 2 rings (SSSR count). The molecule has 2 heterocycles. The maximum Gasteiger partial charge on any atom is 0.0940 e. The van der Waals surface area contributed by atoms with Crippen molar-refractivity contribution in [1.82, 2.24) is 5.32 Å². The van der Waals surface area contributed by atoms with E-state index < -0.39 is 0 Å². The summed E-state index contributed by atoms with van der Waals surface area (Å²) in [5.74, 6) is 0. The lowest BCUT2D eigenvalue weighted by Gasteiger charge is -2.37. The third kappa shape index (κ3) is 3.91. The predicted molar refractivity (Wildman–Crippen MR) is 75.4 cm³/mol. The first-order valence-electron chi connectivity index (χ1n) is 7.30. The van der Waals surface area contributed by atoms with E-state index in [1.807, 2.05) is 0 Å². The Hall–Kier alpha value is -0.160. The Balaban J connectivity index is 1.85. The Morgan fingerprint density at radius 1 is 1.11 bits per heavy atom. The summed E-state index contributed by atoms with van der Waals surface area (Å²) in [5, 5.41) is 3.40. The van der Waals surface area contributed by atoms with Crippen molar-refractivity contribution < 1.29 is 14.2 Å². The number of rotatable bonds is 3. The minimum Gasteiger partial charge on any atom is -0.372 e. The summed E-state index contributed by atoms with van der Waals surface area (Å²) in [5.41, 5.74) is -0.423. The van der Waals surface area contributed by atoms with E-state index in [4.69, 9.17) is 14.2 Å². The molecule has 0 radical (unpaired) electrons. The van der Waals surface area contributed by atoms with Crippen LogP contribution < -0.4 is 5.32 Å². The zero-order valence-corrected chi connectivity index (χ0v) is 13.2. The van der Waals surface area contributed by atoms with Gasteiger partial charge in [-0.2, -0.15) is 0 Å². The molecule has 0 spiro atoms. The zero-order chi connectivity index (χ0) is 14.3. The molecular weight excluding hydrogens is 242 g/mol. The van der Waals surface area contributed by atoms with Crippen molar-refractivity contribution in [2.75, 3.05) is 19.7 Å². The van der Waals surface area contributed by atoms with Crippen LogP contribution in [0.2, 0.25) is 0 Å². The van der Waals surface area contributed by atoms with Crippen LogP contribution in [0.3, 0.4) is 0 Å². The van der Waals surface area contributed by atoms with Gasteiger partial charge in [-0.15, -0.1) is 0 Å². The lowest BCUT2D eigenvalue weighted by atomic mass is 9.97. The van der Waals surface area contributed by atoms with Crippen LogP contribution in [-0.4, -0.2) is 48.7 Å². The van der Waals surface area contributed by atoms with E-state index >= 15 is 0 Å². The third-order valence-electron chi connectivity index (χ3n) is 3.88. The first-order chi connectivity index (χ1) is 8.60. The fourth-order valence-corrected chi connectivity index (χ4v) is 3.16. The highest BCUT2D eigenvalue weighted by Gasteiger charge is 2.47. The largest absolute Gasteiger partial charge is 0.372 e. The van der Waals surface area contributed by atoms with E-state index in [1.165, 1.54) is 0 Å². The van der Waals surface area contributed by atoms with Crippen molar-refractivity contribution >= 4 is 0 Å². The molecule has 19 heavy (non-hydrogen) atoms. The van der Waals surface area contributed by atoms with E-state index in [9.17, 15) is 0 Å². The summed E-state index contributed by atoms with van der Waals surface area (Å²) in [6.07, 6.45) is 1.20. The molecule has 0 aromatic rings. The number of ether oxygens (including phenoxy) is 3. The van der Waals surface area contributed by atoms with E-state index in [-0.39, 0.29) is 29.0 Å². The van der Waals surface area contributed by atoms with Crippen molar-refractivity contribution in [3.05, 3.63) is 0 Å². The van der Waals surface area contributed by atoms with Crippen LogP contribution in [0.4, 0.5) is 0 Å². The third-order valence-corrected chi connectivity index (χ3v) is 3.88. The monoisotopic (exact) mass is 271 g/mol.